The average Bonchev–Trinajstić information content (AvgIpc) is 3.45. The Labute approximate surface area is 225 Å². The summed E-state index contributed by atoms with van der Waals surface area (Å²) >= 11 is 6.24. The largest absolute Gasteiger partial charge is 0.464 e. The molecule has 8 heteroatoms. The minimum absolute atomic E-state index is 0.136. The van der Waals surface area contributed by atoms with E-state index >= 15 is 0 Å². The minimum Gasteiger partial charge on any atom is -0.464 e. The summed E-state index contributed by atoms with van der Waals surface area (Å²) in [6.07, 6.45) is 3.90. The molecule has 0 bridgehead atoms. The number of fused-ring (bicyclic) bond motifs is 2. The molecule has 4 aromatic rings. The van der Waals surface area contributed by atoms with Gasteiger partial charge in [0, 0.05) is 33.5 Å². The number of hydrogen-bond acceptors (Lipinski definition) is 6. The van der Waals surface area contributed by atoms with Crippen molar-refractivity contribution < 1.29 is 23.2 Å². The van der Waals surface area contributed by atoms with Gasteiger partial charge >= 0.3 is 5.97 Å². The maximum Gasteiger partial charge on any atom is 0.379 e. The van der Waals surface area contributed by atoms with E-state index in [1.54, 1.807) is 18.4 Å². The van der Waals surface area contributed by atoms with Gasteiger partial charge in [0.1, 0.15) is 17.1 Å². The van der Waals surface area contributed by atoms with Crippen LogP contribution in [-0.4, -0.2) is 17.6 Å². The van der Waals surface area contributed by atoms with Crippen molar-refractivity contribution in [3.8, 4) is 5.75 Å². The third kappa shape index (κ3) is 4.74. The molecule has 2 aromatic carbocycles. The summed E-state index contributed by atoms with van der Waals surface area (Å²) in [6, 6.07) is 7.45. The van der Waals surface area contributed by atoms with Gasteiger partial charge in [-0.25, -0.2) is 10.2 Å². The number of ether oxygens (including phenoxy) is 1. The van der Waals surface area contributed by atoms with Crippen LogP contribution in [0.2, 0.25) is 5.02 Å². The van der Waals surface area contributed by atoms with Crippen LogP contribution >= 0.6 is 11.6 Å². The molecule has 0 radical (unpaired) electrons. The lowest BCUT2D eigenvalue weighted by Crippen LogP contribution is -2.23. The Morgan fingerprint density at radius 2 is 1.76 bits per heavy atom. The number of rotatable bonds is 5. The highest BCUT2D eigenvalue weighted by Crippen LogP contribution is 2.32. The molecule has 0 unspecified atom stereocenters. The smallest absolute Gasteiger partial charge is 0.379 e. The molecule has 2 aromatic heterocycles. The van der Waals surface area contributed by atoms with E-state index in [0.29, 0.717) is 40.6 Å². The van der Waals surface area contributed by atoms with E-state index in [1.807, 2.05) is 46.8 Å². The third-order valence-corrected chi connectivity index (χ3v) is 7.74. The number of furan rings is 2. The molecule has 0 aliphatic heterocycles. The van der Waals surface area contributed by atoms with Gasteiger partial charge in [-0.15, -0.1) is 0 Å². The topological polar surface area (TPSA) is 94.0 Å². The molecule has 1 aliphatic carbocycles. The molecule has 0 atom stereocenters. The molecule has 1 N–H and O–H groups in total. The van der Waals surface area contributed by atoms with E-state index in [9.17, 15) is 9.59 Å². The molecule has 7 nitrogen and oxygen atoms in total. The Morgan fingerprint density at radius 1 is 1.03 bits per heavy atom. The number of carbonyl (C=O) groups is 2. The fourth-order valence-electron chi connectivity index (χ4n) is 4.96. The van der Waals surface area contributed by atoms with Crippen LogP contribution in [0.5, 0.6) is 5.75 Å². The van der Waals surface area contributed by atoms with Crippen molar-refractivity contribution in [1.29, 1.82) is 0 Å². The van der Waals surface area contributed by atoms with Crippen LogP contribution in [-0.2, 0) is 17.6 Å². The van der Waals surface area contributed by atoms with Crippen LogP contribution < -0.4 is 10.2 Å². The van der Waals surface area contributed by atoms with Crippen LogP contribution in [0.15, 0.2) is 44.5 Å². The van der Waals surface area contributed by atoms with Crippen molar-refractivity contribution in [3.05, 3.63) is 86.0 Å². The Hall–Kier alpha value is -3.84. The van der Waals surface area contributed by atoms with Crippen molar-refractivity contribution in [2.75, 3.05) is 0 Å². The summed E-state index contributed by atoms with van der Waals surface area (Å²) < 4.78 is 17.3. The number of carbonyl (C=O) groups excluding carboxylic acids is 2. The minimum atomic E-state index is -0.584. The first-order valence-electron chi connectivity index (χ1n) is 12.6. The highest BCUT2D eigenvalue weighted by Gasteiger charge is 2.29. The Balaban J connectivity index is 1.34. The van der Waals surface area contributed by atoms with Gasteiger partial charge in [-0.2, -0.15) is 5.10 Å². The van der Waals surface area contributed by atoms with E-state index in [0.717, 1.165) is 50.8 Å². The molecule has 0 fully saturated rings. The van der Waals surface area contributed by atoms with E-state index in [1.165, 1.54) is 0 Å². The lowest BCUT2D eigenvalue weighted by molar-refractivity contribution is -0.120. The normalized spacial score (nSPS) is 14.1. The van der Waals surface area contributed by atoms with Crippen molar-refractivity contribution in [2.45, 2.75) is 60.3 Å². The van der Waals surface area contributed by atoms with Gasteiger partial charge in [0.25, 0.3) is 0 Å². The SMILES string of the molecule is Cc1cc(OC(=O)c2oc3c(c2C)/C(=N/NC(=O)Cc2coc4c(C)c(C)ccc24)CCC3)cc(C)c1Cl. The van der Waals surface area contributed by atoms with Crippen LogP contribution in [0.25, 0.3) is 11.0 Å². The number of esters is 1. The lowest BCUT2D eigenvalue weighted by Gasteiger charge is -2.13. The number of halogens is 1. The Morgan fingerprint density at radius 3 is 2.50 bits per heavy atom. The number of nitrogens with one attached hydrogen (secondary N) is 1. The zero-order valence-electron chi connectivity index (χ0n) is 22.1. The van der Waals surface area contributed by atoms with Gasteiger partial charge in [-0.05, 0) is 81.8 Å². The summed E-state index contributed by atoms with van der Waals surface area (Å²) in [5.74, 6) is 0.376. The molecular formula is C30H29ClN2O5. The average molecular weight is 533 g/mol. The Bertz CT molecular complexity index is 1600. The molecule has 38 heavy (non-hydrogen) atoms. The first kappa shape index (κ1) is 25.8. The van der Waals surface area contributed by atoms with Crippen LogP contribution in [0.1, 0.15) is 68.1 Å². The predicted molar refractivity (Wildman–Crippen MR) is 146 cm³/mol. The van der Waals surface area contributed by atoms with Crippen LogP contribution in [0.3, 0.4) is 0 Å². The molecule has 0 saturated heterocycles. The number of benzene rings is 2. The predicted octanol–water partition coefficient (Wildman–Crippen LogP) is 6.84. The van der Waals surface area contributed by atoms with Crippen molar-refractivity contribution in [1.82, 2.24) is 5.43 Å². The van der Waals surface area contributed by atoms with E-state index < -0.39 is 5.97 Å². The summed E-state index contributed by atoms with van der Waals surface area (Å²) in [7, 11) is 0. The highest BCUT2D eigenvalue weighted by molar-refractivity contribution is 6.32. The number of aryl methyl sites for hydroxylation is 5. The van der Waals surface area contributed by atoms with Crippen molar-refractivity contribution in [3.63, 3.8) is 0 Å². The fourth-order valence-corrected chi connectivity index (χ4v) is 5.07. The lowest BCUT2D eigenvalue weighted by atomic mass is 9.93. The summed E-state index contributed by atoms with van der Waals surface area (Å²) in [6.45, 7) is 9.56. The highest BCUT2D eigenvalue weighted by atomic mass is 35.5. The van der Waals surface area contributed by atoms with Crippen LogP contribution in [0, 0.1) is 34.6 Å². The number of amides is 1. The molecule has 1 aliphatic rings. The van der Waals surface area contributed by atoms with Gasteiger partial charge in [-0.1, -0.05) is 23.7 Å². The fraction of sp³-hybridized carbons (Fsp3) is 0.300. The summed E-state index contributed by atoms with van der Waals surface area (Å²) in [5, 5.41) is 6.00. The molecule has 196 valence electrons. The van der Waals surface area contributed by atoms with E-state index in [-0.39, 0.29) is 18.1 Å². The van der Waals surface area contributed by atoms with Gasteiger partial charge in [-0.3, -0.25) is 4.79 Å². The number of hydrogen-bond donors (Lipinski definition) is 1. The van der Waals surface area contributed by atoms with Crippen LogP contribution in [0.4, 0.5) is 0 Å². The third-order valence-electron chi connectivity index (χ3n) is 7.14. The number of nitrogens with zero attached hydrogens (tertiary/aromatic N) is 1. The zero-order chi connectivity index (χ0) is 27.1. The molecule has 0 spiro atoms. The van der Waals surface area contributed by atoms with Crippen molar-refractivity contribution in [2.24, 2.45) is 5.10 Å². The second-order valence-electron chi connectivity index (χ2n) is 9.88. The second-order valence-corrected chi connectivity index (χ2v) is 10.3. The van der Waals surface area contributed by atoms with Gasteiger partial charge < -0.3 is 13.6 Å². The first-order valence-corrected chi connectivity index (χ1v) is 12.9. The molecule has 5 rings (SSSR count). The van der Waals surface area contributed by atoms with E-state index in [4.69, 9.17) is 25.2 Å². The van der Waals surface area contributed by atoms with Gasteiger partial charge in [0.05, 0.1) is 18.4 Å². The molecule has 2 heterocycles. The number of hydrazone groups is 1. The van der Waals surface area contributed by atoms with Crippen molar-refractivity contribution >= 4 is 40.2 Å². The maximum absolute atomic E-state index is 13.0. The van der Waals surface area contributed by atoms with Gasteiger partial charge in [0.2, 0.25) is 11.7 Å². The first-order chi connectivity index (χ1) is 18.1. The molecule has 0 saturated carbocycles. The monoisotopic (exact) mass is 532 g/mol. The Kier molecular flexibility index (Phi) is 6.88. The standard InChI is InChI=1S/C30H29ClN2O5/c1-15-9-10-22-20(14-36-28(22)18(15)4)13-25(34)33-32-23-7-6-8-24-26(23)19(5)29(38-24)30(35)37-21-11-16(2)27(31)17(3)12-21/h9-12,14H,6-8,13H2,1-5H3,(H,33,34)/b32-23+. The van der Waals surface area contributed by atoms with Gasteiger partial charge in [0.15, 0.2) is 0 Å². The quantitative estimate of drug-likeness (QED) is 0.172. The molecule has 1 amide bonds. The molecular weight excluding hydrogens is 504 g/mol. The summed E-state index contributed by atoms with van der Waals surface area (Å²) in [4.78, 5) is 25.8. The van der Waals surface area contributed by atoms with E-state index in [2.05, 4.69) is 10.5 Å². The zero-order valence-corrected chi connectivity index (χ0v) is 22.8. The second kappa shape index (κ2) is 10.1. The summed E-state index contributed by atoms with van der Waals surface area (Å²) in [5.41, 5.74) is 10.2. The maximum atomic E-state index is 13.0.